The number of rotatable bonds is 8. The molecule has 0 saturated heterocycles. The predicted molar refractivity (Wildman–Crippen MR) is 127 cm³/mol. The maximum atomic E-state index is 5.35. The minimum atomic E-state index is 0.111. The van der Waals surface area contributed by atoms with Gasteiger partial charge in [-0.05, 0) is 62.5 Å². The Morgan fingerprint density at radius 3 is 2.45 bits per heavy atom. The third-order valence-corrected chi connectivity index (χ3v) is 5.54. The molecule has 1 unspecified atom stereocenters. The van der Waals surface area contributed by atoms with Crippen LogP contribution in [0.15, 0.2) is 67.0 Å². The molecule has 6 nitrogen and oxygen atoms in total. The minimum absolute atomic E-state index is 0.111. The van der Waals surface area contributed by atoms with Crippen LogP contribution in [0.25, 0.3) is 22.3 Å². The molecule has 0 radical (unpaired) electrons. The fraction of sp³-hybridized carbons (Fsp3) is 0.280. The average Bonchev–Trinajstić information content (AvgIpc) is 3.19. The Bertz CT molecular complexity index is 1140. The number of anilines is 1. The van der Waals surface area contributed by atoms with Crippen molar-refractivity contribution in [3.05, 3.63) is 72.6 Å². The first kappa shape index (κ1) is 20.9. The first-order valence-corrected chi connectivity index (χ1v) is 10.5. The van der Waals surface area contributed by atoms with Gasteiger partial charge in [0.25, 0.3) is 0 Å². The SMILES string of the molecule is COc1ccc(-c2cc3c(NCCN(C)C)ncnc3n2C(C)c2ccccc2)cc1. The standard InChI is InChI=1S/C25H29N5O/c1-18(19-8-6-5-7-9-19)30-23(20-10-12-21(31-4)13-11-20)16-22-24(26-14-15-29(2)3)27-17-28-25(22)30/h5-13,16-18H,14-15H2,1-4H3,(H,26,27,28). The van der Waals surface area contributed by atoms with Crippen molar-refractivity contribution in [3.8, 4) is 17.0 Å². The zero-order chi connectivity index (χ0) is 21.8. The summed E-state index contributed by atoms with van der Waals surface area (Å²) in [6, 6.07) is 21.0. The molecule has 2 aromatic carbocycles. The highest BCUT2D eigenvalue weighted by Crippen LogP contribution is 2.35. The van der Waals surface area contributed by atoms with E-state index in [-0.39, 0.29) is 6.04 Å². The summed E-state index contributed by atoms with van der Waals surface area (Å²) in [6.07, 6.45) is 1.65. The molecule has 0 aliphatic carbocycles. The fourth-order valence-corrected chi connectivity index (χ4v) is 3.83. The van der Waals surface area contributed by atoms with Crippen LogP contribution in [0.1, 0.15) is 18.5 Å². The summed E-state index contributed by atoms with van der Waals surface area (Å²) in [7, 11) is 5.82. The minimum Gasteiger partial charge on any atom is -0.497 e. The Labute approximate surface area is 183 Å². The number of nitrogens with one attached hydrogen (secondary N) is 1. The van der Waals surface area contributed by atoms with Crippen LogP contribution in [-0.4, -0.2) is 53.7 Å². The lowest BCUT2D eigenvalue weighted by Crippen LogP contribution is -2.21. The zero-order valence-corrected chi connectivity index (χ0v) is 18.5. The smallest absolute Gasteiger partial charge is 0.146 e. The molecule has 0 aliphatic rings. The van der Waals surface area contributed by atoms with Gasteiger partial charge in [0.1, 0.15) is 23.5 Å². The summed E-state index contributed by atoms with van der Waals surface area (Å²) >= 11 is 0. The van der Waals surface area contributed by atoms with E-state index < -0.39 is 0 Å². The van der Waals surface area contributed by atoms with Crippen molar-refractivity contribution in [2.24, 2.45) is 0 Å². The van der Waals surface area contributed by atoms with Gasteiger partial charge >= 0.3 is 0 Å². The predicted octanol–water partition coefficient (Wildman–Crippen LogP) is 4.69. The van der Waals surface area contributed by atoms with Gasteiger partial charge in [0, 0.05) is 13.1 Å². The fourth-order valence-electron chi connectivity index (χ4n) is 3.83. The maximum Gasteiger partial charge on any atom is 0.146 e. The normalized spacial score (nSPS) is 12.3. The molecule has 1 N–H and O–H groups in total. The third-order valence-electron chi connectivity index (χ3n) is 5.54. The van der Waals surface area contributed by atoms with Crippen LogP contribution in [0, 0.1) is 0 Å². The number of methoxy groups -OCH3 is 1. The van der Waals surface area contributed by atoms with E-state index in [1.165, 1.54) is 5.56 Å². The molecule has 4 rings (SSSR count). The Kier molecular flexibility index (Phi) is 6.18. The Morgan fingerprint density at radius 1 is 1.03 bits per heavy atom. The number of hydrogen-bond acceptors (Lipinski definition) is 5. The Morgan fingerprint density at radius 2 is 1.77 bits per heavy atom. The van der Waals surface area contributed by atoms with Crippen LogP contribution in [0.2, 0.25) is 0 Å². The van der Waals surface area contributed by atoms with Gasteiger partial charge in [0.15, 0.2) is 0 Å². The number of ether oxygens (including phenoxy) is 1. The summed E-state index contributed by atoms with van der Waals surface area (Å²) in [5.74, 6) is 1.70. The molecular formula is C25H29N5O. The number of benzene rings is 2. The van der Waals surface area contributed by atoms with Gasteiger partial charge in [0.2, 0.25) is 0 Å². The van der Waals surface area contributed by atoms with E-state index in [0.717, 1.165) is 46.9 Å². The van der Waals surface area contributed by atoms with Crippen molar-refractivity contribution in [2.45, 2.75) is 13.0 Å². The topological polar surface area (TPSA) is 55.2 Å². The van der Waals surface area contributed by atoms with Gasteiger partial charge in [-0.3, -0.25) is 0 Å². The molecule has 0 saturated carbocycles. The molecule has 0 spiro atoms. The monoisotopic (exact) mass is 415 g/mol. The lowest BCUT2D eigenvalue weighted by atomic mass is 10.1. The van der Waals surface area contributed by atoms with E-state index in [0.29, 0.717) is 0 Å². The van der Waals surface area contributed by atoms with Crippen LogP contribution in [0.3, 0.4) is 0 Å². The number of fused-ring (bicyclic) bond motifs is 1. The van der Waals surface area contributed by atoms with Gasteiger partial charge in [-0.25, -0.2) is 9.97 Å². The summed E-state index contributed by atoms with van der Waals surface area (Å²) in [6.45, 7) is 3.96. The molecule has 31 heavy (non-hydrogen) atoms. The molecule has 1 atom stereocenters. The van der Waals surface area contributed by atoms with Gasteiger partial charge in [0.05, 0.1) is 24.2 Å². The van der Waals surface area contributed by atoms with E-state index in [9.17, 15) is 0 Å². The van der Waals surface area contributed by atoms with Crippen LogP contribution in [0.5, 0.6) is 5.75 Å². The van der Waals surface area contributed by atoms with E-state index in [1.54, 1.807) is 13.4 Å². The second-order valence-electron chi connectivity index (χ2n) is 7.90. The van der Waals surface area contributed by atoms with Crippen LogP contribution in [0.4, 0.5) is 5.82 Å². The third kappa shape index (κ3) is 4.39. The van der Waals surface area contributed by atoms with Gasteiger partial charge in [-0.1, -0.05) is 30.3 Å². The van der Waals surface area contributed by atoms with Crippen molar-refractivity contribution in [1.82, 2.24) is 19.4 Å². The quantitative estimate of drug-likeness (QED) is 0.452. The molecule has 0 bridgehead atoms. The highest BCUT2D eigenvalue weighted by Gasteiger charge is 2.20. The van der Waals surface area contributed by atoms with Crippen molar-refractivity contribution >= 4 is 16.9 Å². The molecule has 0 aliphatic heterocycles. The molecule has 2 heterocycles. The molecular weight excluding hydrogens is 386 g/mol. The number of likely N-dealkylation sites (N-methyl/N-ethyl adjacent to an activating group) is 1. The van der Waals surface area contributed by atoms with Crippen LogP contribution >= 0.6 is 0 Å². The number of aromatic nitrogens is 3. The zero-order valence-electron chi connectivity index (χ0n) is 18.5. The van der Waals surface area contributed by atoms with Crippen LogP contribution < -0.4 is 10.1 Å². The maximum absolute atomic E-state index is 5.35. The molecule has 4 aromatic rings. The van der Waals surface area contributed by atoms with E-state index in [2.05, 4.69) is 88.2 Å². The van der Waals surface area contributed by atoms with E-state index >= 15 is 0 Å². The van der Waals surface area contributed by atoms with E-state index in [4.69, 9.17) is 4.74 Å². The van der Waals surface area contributed by atoms with Crippen molar-refractivity contribution < 1.29 is 4.74 Å². The highest BCUT2D eigenvalue weighted by atomic mass is 16.5. The first-order valence-electron chi connectivity index (χ1n) is 10.5. The summed E-state index contributed by atoms with van der Waals surface area (Å²) in [5.41, 5.74) is 4.37. The lowest BCUT2D eigenvalue weighted by molar-refractivity contribution is 0.415. The average molecular weight is 416 g/mol. The summed E-state index contributed by atoms with van der Waals surface area (Å²) < 4.78 is 7.65. The second kappa shape index (κ2) is 9.18. The molecule has 6 heteroatoms. The Hall–Kier alpha value is -3.38. The number of nitrogens with zero attached hydrogens (tertiary/aromatic N) is 4. The van der Waals surface area contributed by atoms with Gasteiger partial charge < -0.3 is 19.5 Å². The lowest BCUT2D eigenvalue weighted by Gasteiger charge is -2.19. The molecule has 0 fully saturated rings. The van der Waals surface area contributed by atoms with Crippen molar-refractivity contribution in [1.29, 1.82) is 0 Å². The largest absolute Gasteiger partial charge is 0.497 e. The first-order chi connectivity index (χ1) is 15.1. The Balaban J connectivity index is 1.85. The number of hydrogen-bond donors (Lipinski definition) is 1. The summed E-state index contributed by atoms with van der Waals surface area (Å²) in [5, 5.41) is 4.50. The van der Waals surface area contributed by atoms with Crippen LogP contribution in [-0.2, 0) is 0 Å². The van der Waals surface area contributed by atoms with Crippen molar-refractivity contribution in [2.75, 3.05) is 39.6 Å². The molecule has 2 aromatic heterocycles. The second-order valence-corrected chi connectivity index (χ2v) is 7.90. The highest BCUT2D eigenvalue weighted by molar-refractivity contribution is 5.92. The molecule has 0 amide bonds. The molecule has 160 valence electrons. The van der Waals surface area contributed by atoms with E-state index in [1.807, 2.05) is 18.2 Å². The summed E-state index contributed by atoms with van der Waals surface area (Å²) in [4.78, 5) is 11.4. The van der Waals surface area contributed by atoms with Gasteiger partial charge in [-0.15, -0.1) is 0 Å². The van der Waals surface area contributed by atoms with Crippen molar-refractivity contribution in [3.63, 3.8) is 0 Å². The van der Waals surface area contributed by atoms with Gasteiger partial charge in [-0.2, -0.15) is 0 Å².